The number of alkyl halides is 1. The minimum absolute atomic E-state index is 0.159. The van der Waals surface area contributed by atoms with Crippen molar-refractivity contribution in [3.05, 3.63) is 29.8 Å². The summed E-state index contributed by atoms with van der Waals surface area (Å²) in [7, 11) is -0.323. The molecule has 116 valence electrons. The quantitative estimate of drug-likeness (QED) is 0.755. The van der Waals surface area contributed by atoms with Crippen LogP contribution in [0.4, 0.5) is 0 Å². The monoisotopic (exact) mass is 374 g/mol. The maximum absolute atomic E-state index is 12.7. The van der Waals surface area contributed by atoms with Gasteiger partial charge in [-0.25, -0.2) is 8.42 Å². The summed E-state index contributed by atoms with van der Waals surface area (Å²) in [6, 6.07) is 6.17. The first-order valence-corrected chi connectivity index (χ1v) is 9.32. The standard InChI is InChI=1S/C14H19BrN2O3S/c1-16(2)14(18)13-4-3-9-17(13)21(19,20)12-7-5-11(10-15)6-8-12/h5-8,13H,3-4,9-10H2,1-2H3. The van der Waals surface area contributed by atoms with E-state index >= 15 is 0 Å². The van der Waals surface area contributed by atoms with Gasteiger partial charge in [-0.15, -0.1) is 0 Å². The molecular formula is C14H19BrN2O3S. The summed E-state index contributed by atoms with van der Waals surface area (Å²) in [5.74, 6) is -0.159. The van der Waals surface area contributed by atoms with Gasteiger partial charge in [0.1, 0.15) is 6.04 Å². The maximum atomic E-state index is 12.7. The first-order chi connectivity index (χ1) is 9.87. The van der Waals surface area contributed by atoms with Crippen LogP contribution < -0.4 is 0 Å². The minimum Gasteiger partial charge on any atom is -0.347 e. The summed E-state index contributed by atoms with van der Waals surface area (Å²) in [5.41, 5.74) is 1.01. The van der Waals surface area contributed by atoms with E-state index in [9.17, 15) is 13.2 Å². The average molecular weight is 375 g/mol. The summed E-state index contributed by atoms with van der Waals surface area (Å²) in [6.45, 7) is 0.396. The third kappa shape index (κ3) is 3.30. The first-order valence-electron chi connectivity index (χ1n) is 6.76. The molecule has 0 bridgehead atoms. The van der Waals surface area contributed by atoms with E-state index in [0.29, 0.717) is 24.7 Å². The van der Waals surface area contributed by atoms with Crippen molar-refractivity contribution < 1.29 is 13.2 Å². The Bertz CT molecular complexity index is 614. The van der Waals surface area contributed by atoms with Crippen LogP contribution in [0.2, 0.25) is 0 Å². The van der Waals surface area contributed by atoms with E-state index < -0.39 is 16.1 Å². The van der Waals surface area contributed by atoms with Crippen molar-refractivity contribution in [2.24, 2.45) is 0 Å². The number of likely N-dealkylation sites (N-methyl/N-ethyl adjacent to an activating group) is 1. The Morgan fingerprint density at radius 2 is 1.95 bits per heavy atom. The third-order valence-corrected chi connectivity index (χ3v) is 6.18. The number of halogens is 1. The summed E-state index contributed by atoms with van der Waals surface area (Å²) in [6.07, 6.45) is 1.29. The Morgan fingerprint density at radius 3 is 2.48 bits per heavy atom. The van der Waals surface area contributed by atoms with Gasteiger partial charge in [-0.2, -0.15) is 4.31 Å². The molecule has 0 aromatic heterocycles. The Morgan fingerprint density at radius 1 is 1.33 bits per heavy atom. The second-order valence-corrected chi connectivity index (χ2v) is 7.74. The first kappa shape index (κ1) is 16.5. The summed E-state index contributed by atoms with van der Waals surface area (Å²) < 4.78 is 26.8. The highest BCUT2D eigenvalue weighted by Crippen LogP contribution is 2.27. The molecule has 0 spiro atoms. The van der Waals surface area contributed by atoms with Crippen molar-refractivity contribution in [1.29, 1.82) is 0 Å². The van der Waals surface area contributed by atoms with Gasteiger partial charge in [-0.05, 0) is 30.5 Å². The third-order valence-electron chi connectivity index (χ3n) is 3.61. The van der Waals surface area contributed by atoms with Gasteiger partial charge in [0.05, 0.1) is 4.90 Å². The van der Waals surface area contributed by atoms with Crippen LogP contribution in [0.5, 0.6) is 0 Å². The fraction of sp³-hybridized carbons (Fsp3) is 0.500. The second-order valence-electron chi connectivity index (χ2n) is 5.28. The number of benzene rings is 1. The topological polar surface area (TPSA) is 57.7 Å². The van der Waals surface area contributed by atoms with Gasteiger partial charge in [0, 0.05) is 26.0 Å². The SMILES string of the molecule is CN(C)C(=O)C1CCCN1S(=O)(=O)c1ccc(CBr)cc1. The average Bonchev–Trinajstić information content (AvgIpc) is 2.96. The summed E-state index contributed by atoms with van der Waals surface area (Å²) in [4.78, 5) is 13.8. The van der Waals surface area contributed by atoms with Crippen LogP contribution in [0.25, 0.3) is 0 Å². The van der Waals surface area contributed by atoms with Crippen LogP contribution in [-0.2, 0) is 20.1 Å². The molecule has 5 nitrogen and oxygen atoms in total. The van der Waals surface area contributed by atoms with Crippen molar-refractivity contribution in [3.8, 4) is 0 Å². The summed E-state index contributed by atoms with van der Waals surface area (Å²) in [5, 5.41) is 0.679. The number of hydrogen-bond acceptors (Lipinski definition) is 3. The van der Waals surface area contributed by atoms with E-state index in [-0.39, 0.29) is 10.8 Å². The van der Waals surface area contributed by atoms with Crippen LogP contribution in [0.1, 0.15) is 18.4 Å². The van der Waals surface area contributed by atoms with E-state index in [4.69, 9.17) is 0 Å². The van der Waals surface area contributed by atoms with Crippen LogP contribution in [-0.4, -0.2) is 50.2 Å². The predicted molar refractivity (Wildman–Crippen MR) is 84.7 cm³/mol. The molecule has 1 heterocycles. The molecule has 0 aliphatic carbocycles. The molecule has 1 aliphatic rings. The van der Waals surface area contributed by atoms with Crippen LogP contribution in [0.3, 0.4) is 0 Å². The minimum atomic E-state index is -3.62. The molecule has 0 saturated carbocycles. The van der Waals surface area contributed by atoms with Gasteiger partial charge in [0.2, 0.25) is 15.9 Å². The molecule has 0 N–H and O–H groups in total. The smallest absolute Gasteiger partial charge is 0.243 e. The molecule has 21 heavy (non-hydrogen) atoms. The Hall–Kier alpha value is -0.920. The zero-order valence-electron chi connectivity index (χ0n) is 12.1. The molecule has 1 saturated heterocycles. The number of rotatable bonds is 4. The van der Waals surface area contributed by atoms with Gasteiger partial charge in [0.15, 0.2) is 0 Å². The molecule has 1 unspecified atom stereocenters. The molecule has 1 atom stereocenters. The number of carbonyl (C=O) groups is 1. The van der Waals surface area contributed by atoms with Gasteiger partial charge in [-0.1, -0.05) is 28.1 Å². The Balaban J connectivity index is 2.31. The van der Waals surface area contributed by atoms with Gasteiger partial charge >= 0.3 is 0 Å². The van der Waals surface area contributed by atoms with E-state index in [1.807, 2.05) is 0 Å². The molecule has 1 fully saturated rings. The molecule has 1 aliphatic heterocycles. The van der Waals surface area contributed by atoms with Crippen molar-refractivity contribution in [3.63, 3.8) is 0 Å². The van der Waals surface area contributed by atoms with Gasteiger partial charge in [0.25, 0.3) is 0 Å². The molecule has 0 radical (unpaired) electrons. The van der Waals surface area contributed by atoms with Crippen molar-refractivity contribution in [2.75, 3.05) is 20.6 Å². The number of carbonyl (C=O) groups excluding carboxylic acids is 1. The van der Waals surface area contributed by atoms with Crippen LogP contribution in [0.15, 0.2) is 29.2 Å². The van der Waals surface area contributed by atoms with Gasteiger partial charge in [-0.3, -0.25) is 4.79 Å². The lowest BCUT2D eigenvalue weighted by atomic mass is 10.2. The number of nitrogens with zero attached hydrogens (tertiary/aromatic N) is 2. The molecular weight excluding hydrogens is 356 g/mol. The Kier molecular flexibility index (Phi) is 5.06. The van der Waals surface area contributed by atoms with E-state index in [1.165, 1.54) is 9.21 Å². The highest BCUT2D eigenvalue weighted by atomic mass is 79.9. The highest BCUT2D eigenvalue weighted by Gasteiger charge is 2.39. The largest absolute Gasteiger partial charge is 0.347 e. The molecule has 1 aromatic rings. The van der Waals surface area contributed by atoms with E-state index in [1.54, 1.807) is 38.4 Å². The number of hydrogen-bond donors (Lipinski definition) is 0. The zero-order valence-corrected chi connectivity index (χ0v) is 14.5. The number of amides is 1. The fourth-order valence-corrected chi connectivity index (χ4v) is 4.48. The second kappa shape index (κ2) is 6.46. The molecule has 1 amide bonds. The van der Waals surface area contributed by atoms with Crippen LogP contribution >= 0.6 is 15.9 Å². The molecule has 2 rings (SSSR count). The zero-order chi connectivity index (χ0) is 15.6. The lowest BCUT2D eigenvalue weighted by Crippen LogP contribution is -2.45. The normalized spacial score (nSPS) is 19.7. The lowest BCUT2D eigenvalue weighted by molar-refractivity contribution is -0.132. The van der Waals surface area contributed by atoms with E-state index in [2.05, 4.69) is 15.9 Å². The highest BCUT2D eigenvalue weighted by molar-refractivity contribution is 9.08. The fourth-order valence-electron chi connectivity index (χ4n) is 2.46. The van der Waals surface area contributed by atoms with Gasteiger partial charge < -0.3 is 4.90 Å². The number of sulfonamides is 1. The van der Waals surface area contributed by atoms with Crippen LogP contribution in [0, 0.1) is 0 Å². The Labute approximate surface area is 134 Å². The molecule has 1 aromatic carbocycles. The van der Waals surface area contributed by atoms with Crippen molar-refractivity contribution >= 4 is 31.9 Å². The maximum Gasteiger partial charge on any atom is 0.243 e. The van der Waals surface area contributed by atoms with Crippen molar-refractivity contribution in [1.82, 2.24) is 9.21 Å². The van der Waals surface area contributed by atoms with Crippen molar-refractivity contribution in [2.45, 2.75) is 29.1 Å². The summed E-state index contributed by atoms with van der Waals surface area (Å²) >= 11 is 3.33. The molecule has 7 heteroatoms. The van der Waals surface area contributed by atoms with E-state index in [0.717, 1.165) is 5.56 Å². The lowest BCUT2D eigenvalue weighted by Gasteiger charge is -2.25. The predicted octanol–water partition coefficient (Wildman–Crippen LogP) is 1.82.